The van der Waals surface area contributed by atoms with Gasteiger partial charge in [-0.05, 0) is 31.2 Å². The normalized spacial score (nSPS) is 13.0. The fourth-order valence-corrected chi connectivity index (χ4v) is 3.93. The zero-order valence-electron chi connectivity index (χ0n) is 16.7. The van der Waals surface area contributed by atoms with E-state index in [-0.39, 0.29) is 0 Å². The Bertz CT molecular complexity index is 1450. The van der Waals surface area contributed by atoms with Gasteiger partial charge in [0.25, 0.3) is 0 Å². The highest BCUT2D eigenvalue weighted by atomic mass is 15.1. The number of aromatic amines is 1. The Hall–Kier alpha value is -4.33. The van der Waals surface area contributed by atoms with E-state index in [1.54, 1.807) is 18.6 Å². The van der Waals surface area contributed by atoms with Gasteiger partial charge in [0.15, 0.2) is 0 Å². The molecule has 1 aliphatic rings. The number of aryl methyl sites for hydroxylation is 1. The first-order chi connectivity index (χ1) is 15.3. The molecule has 31 heavy (non-hydrogen) atoms. The molecule has 0 radical (unpaired) electrons. The summed E-state index contributed by atoms with van der Waals surface area (Å²) in [5.41, 5.74) is 7.51. The lowest BCUT2D eigenvalue weighted by molar-refractivity contribution is 1.07. The Morgan fingerprint density at radius 1 is 1.03 bits per heavy atom. The molecular weight excluding hydrogens is 388 g/mol. The SMILES string of the molecule is Cc1cn(-c2cccc3[nH]c(C4=NCNc5ncc(-c6cnccn6)cc54)cc23)cn1. The van der Waals surface area contributed by atoms with Crippen LogP contribution in [0.2, 0.25) is 0 Å². The third-order valence-electron chi connectivity index (χ3n) is 5.37. The highest BCUT2D eigenvalue weighted by molar-refractivity contribution is 6.17. The first-order valence-corrected chi connectivity index (χ1v) is 9.94. The zero-order chi connectivity index (χ0) is 20.8. The first kappa shape index (κ1) is 17.5. The lowest BCUT2D eigenvalue weighted by atomic mass is 10.0. The molecule has 1 aromatic carbocycles. The van der Waals surface area contributed by atoms with Crippen molar-refractivity contribution in [2.75, 3.05) is 12.0 Å². The van der Waals surface area contributed by atoms with Crippen molar-refractivity contribution in [3.05, 3.63) is 84.6 Å². The molecule has 8 nitrogen and oxygen atoms in total. The number of benzene rings is 1. The molecule has 0 fully saturated rings. The molecule has 0 atom stereocenters. The minimum Gasteiger partial charge on any atom is -0.353 e. The van der Waals surface area contributed by atoms with Crippen molar-refractivity contribution in [2.45, 2.75) is 6.92 Å². The second-order valence-electron chi connectivity index (χ2n) is 7.40. The molecule has 150 valence electrons. The highest BCUT2D eigenvalue weighted by Gasteiger charge is 2.20. The van der Waals surface area contributed by atoms with Crippen LogP contribution >= 0.6 is 0 Å². The van der Waals surface area contributed by atoms with Crippen LogP contribution in [0.4, 0.5) is 5.82 Å². The van der Waals surface area contributed by atoms with Crippen molar-refractivity contribution in [1.29, 1.82) is 0 Å². The van der Waals surface area contributed by atoms with E-state index in [9.17, 15) is 0 Å². The summed E-state index contributed by atoms with van der Waals surface area (Å²) >= 11 is 0. The van der Waals surface area contributed by atoms with Gasteiger partial charge in [0.05, 0.1) is 41.0 Å². The van der Waals surface area contributed by atoms with E-state index in [1.807, 2.05) is 36.3 Å². The predicted molar refractivity (Wildman–Crippen MR) is 120 cm³/mol. The van der Waals surface area contributed by atoms with Gasteiger partial charge in [0.2, 0.25) is 0 Å². The Morgan fingerprint density at radius 2 is 2.00 bits per heavy atom. The number of aromatic nitrogens is 6. The highest BCUT2D eigenvalue weighted by Crippen LogP contribution is 2.29. The topological polar surface area (TPSA) is 96.7 Å². The van der Waals surface area contributed by atoms with Gasteiger partial charge >= 0.3 is 0 Å². The molecule has 0 bridgehead atoms. The van der Waals surface area contributed by atoms with Crippen LogP contribution in [0.15, 0.2) is 72.6 Å². The van der Waals surface area contributed by atoms with E-state index in [0.717, 1.165) is 56.3 Å². The number of aliphatic imine (C=N–C) groups is 1. The molecule has 5 heterocycles. The maximum atomic E-state index is 4.76. The van der Waals surface area contributed by atoms with Crippen LogP contribution in [0.1, 0.15) is 17.0 Å². The summed E-state index contributed by atoms with van der Waals surface area (Å²) in [5, 5.41) is 4.36. The van der Waals surface area contributed by atoms with E-state index >= 15 is 0 Å². The minimum absolute atomic E-state index is 0.475. The predicted octanol–water partition coefficient (Wildman–Crippen LogP) is 3.73. The van der Waals surface area contributed by atoms with Crippen LogP contribution in [-0.4, -0.2) is 41.9 Å². The molecule has 0 aliphatic carbocycles. The van der Waals surface area contributed by atoms with Crippen LogP contribution in [0.5, 0.6) is 0 Å². The minimum atomic E-state index is 0.475. The van der Waals surface area contributed by atoms with E-state index in [0.29, 0.717) is 6.67 Å². The maximum absolute atomic E-state index is 4.76. The Morgan fingerprint density at radius 3 is 2.84 bits per heavy atom. The third kappa shape index (κ3) is 2.96. The number of imidazole rings is 1. The van der Waals surface area contributed by atoms with Gasteiger partial charge in [0, 0.05) is 46.8 Å². The summed E-state index contributed by atoms with van der Waals surface area (Å²) in [7, 11) is 0. The fraction of sp³-hybridized carbons (Fsp3) is 0.0870. The van der Waals surface area contributed by atoms with Crippen molar-refractivity contribution in [3.63, 3.8) is 0 Å². The van der Waals surface area contributed by atoms with Gasteiger partial charge < -0.3 is 14.9 Å². The van der Waals surface area contributed by atoms with Gasteiger partial charge in [-0.15, -0.1) is 0 Å². The summed E-state index contributed by atoms with van der Waals surface area (Å²) < 4.78 is 2.04. The lowest BCUT2D eigenvalue weighted by Crippen LogP contribution is -2.18. The van der Waals surface area contributed by atoms with E-state index in [2.05, 4.69) is 54.5 Å². The second-order valence-corrected chi connectivity index (χ2v) is 7.40. The third-order valence-corrected chi connectivity index (χ3v) is 5.37. The monoisotopic (exact) mass is 406 g/mol. The van der Waals surface area contributed by atoms with Gasteiger partial charge in [-0.25, -0.2) is 9.97 Å². The molecule has 6 rings (SSSR count). The maximum Gasteiger partial charge on any atom is 0.136 e. The van der Waals surface area contributed by atoms with E-state index in [4.69, 9.17) is 4.99 Å². The molecular formula is C23H18N8. The standard InChI is InChI=1S/C23H18N8/c1-14-11-31(13-29-14)21-4-2-3-18-16(21)8-19(30-18)22-17-7-15(20-10-24-5-6-25-20)9-26-23(17)28-12-27-22/h2-11,13,30H,12H2,1H3,(H,26,28). The number of pyridine rings is 1. The van der Waals surface area contributed by atoms with Crippen molar-refractivity contribution in [1.82, 2.24) is 29.5 Å². The Balaban J connectivity index is 1.48. The van der Waals surface area contributed by atoms with Gasteiger partial charge in [-0.3, -0.25) is 15.0 Å². The van der Waals surface area contributed by atoms with Crippen molar-refractivity contribution in [3.8, 4) is 16.9 Å². The average Bonchev–Trinajstić information content (AvgIpc) is 3.45. The molecule has 2 N–H and O–H groups in total. The zero-order valence-corrected chi connectivity index (χ0v) is 16.7. The number of nitrogens with one attached hydrogen (secondary N) is 2. The van der Waals surface area contributed by atoms with E-state index in [1.165, 1.54) is 0 Å². The first-order valence-electron chi connectivity index (χ1n) is 9.94. The smallest absolute Gasteiger partial charge is 0.136 e. The molecule has 0 saturated carbocycles. The van der Waals surface area contributed by atoms with E-state index < -0.39 is 0 Å². The summed E-state index contributed by atoms with van der Waals surface area (Å²) in [6.45, 7) is 2.46. The summed E-state index contributed by atoms with van der Waals surface area (Å²) in [4.78, 5) is 25.8. The number of rotatable bonds is 3. The average molecular weight is 406 g/mol. The van der Waals surface area contributed by atoms with Crippen molar-refractivity contribution < 1.29 is 0 Å². The number of H-pyrrole nitrogens is 1. The molecule has 0 saturated heterocycles. The van der Waals surface area contributed by atoms with Gasteiger partial charge in [-0.2, -0.15) is 0 Å². The fourth-order valence-electron chi connectivity index (χ4n) is 3.93. The quantitative estimate of drug-likeness (QED) is 0.476. The number of anilines is 1. The van der Waals surface area contributed by atoms with Gasteiger partial charge in [0.1, 0.15) is 12.5 Å². The van der Waals surface area contributed by atoms with Crippen molar-refractivity contribution in [2.24, 2.45) is 4.99 Å². The molecule has 0 amide bonds. The summed E-state index contributed by atoms with van der Waals surface area (Å²) in [6, 6.07) is 10.4. The molecule has 1 aliphatic heterocycles. The number of fused-ring (bicyclic) bond motifs is 2. The summed E-state index contributed by atoms with van der Waals surface area (Å²) in [6.07, 6.45) is 10.7. The van der Waals surface area contributed by atoms with Crippen LogP contribution < -0.4 is 5.32 Å². The lowest BCUT2D eigenvalue weighted by Gasteiger charge is -2.17. The van der Waals surface area contributed by atoms with Crippen LogP contribution in [0.25, 0.3) is 27.8 Å². The summed E-state index contributed by atoms with van der Waals surface area (Å²) in [5.74, 6) is 0.807. The molecule has 0 unspecified atom stereocenters. The molecule has 8 heteroatoms. The Labute approximate surface area is 177 Å². The van der Waals surface area contributed by atoms with Crippen LogP contribution in [-0.2, 0) is 0 Å². The second kappa shape index (κ2) is 6.88. The van der Waals surface area contributed by atoms with Crippen molar-refractivity contribution >= 4 is 22.4 Å². The van der Waals surface area contributed by atoms with Crippen LogP contribution in [0, 0.1) is 6.92 Å². The number of hydrogen-bond acceptors (Lipinski definition) is 6. The van der Waals surface area contributed by atoms with Gasteiger partial charge in [-0.1, -0.05) is 6.07 Å². The molecule has 5 aromatic rings. The molecule has 0 spiro atoms. The largest absolute Gasteiger partial charge is 0.353 e. The molecule has 4 aromatic heterocycles. The Kier molecular flexibility index (Phi) is 3.89. The van der Waals surface area contributed by atoms with Crippen LogP contribution in [0.3, 0.4) is 0 Å². The number of nitrogens with zero attached hydrogens (tertiary/aromatic N) is 6. The number of hydrogen-bond donors (Lipinski definition) is 2.